The van der Waals surface area contributed by atoms with Gasteiger partial charge in [0.2, 0.25) is 0 Å². The number of rotatable bonds is 3. The number of halogens is 2. The van der Waals surface area contributed by atoms with Gasteiger partial charge in [0, 0.05) is 0 Å². The minimum Gasteiger partial charge on any atom is -0.387 e. The lowest BCUT2D eigenvalue weighted by Crippen LogP contribution is -2.29. The minimum atomic E-state index is -1.67. The summed E-state index contributed by atoms with van der Waals surface area (Å²) in [7, 11) is 0. The van der Waals surface area contributed by atoms with E-state index < -0.39 is 30.7 Å². The molecule has 1 aliphatic rings. The van der Waals surface area contributed by atoms with Gasteiger partial charge in [-0.05, 0) is 12.3 Å². The monoisotopic (exact) mass is 313 g/mol. The first-order valence-corrected chi connectivity index (χ1v) is 7.01. The van der Waals surface area contributed by atoms with Gasteiger partial charge in [-0.1, -0.05) is 13.8 Å². The predicted molar refractivity (Wildman–Crippen MR) is 74.0 cm³/mol. The van der Waals surface area contributed by atoms with E-state index in [0.29, 0.717) is 6.42 Å². The molecule has 0 aliphatic carbocycles. The molecule has 1 fully saturated rings. The van der Waals surface area contributed by atoms with E-state index in [4.69, 9.17) is 10.5 Å². The first-order chi connectivity index (χ1) is 10.4. The average molecular weight is 313 g/mol. The van der Waals surface area contributed by atoms with Crippen LogP contribution >= 0.6 is 0 Å². The summed E-state index contributed by atoms with van der Waals surface area (Å²) in [5, 5.41) is 9.99. The number of ether oxygens (including phenoxy) is 1. The fourth-order valence-electron chi connectivity index (χ4n) is 2.68. The summed E-state index contributed by atoms with van der Waals surface area (Å²) in [5.41, 5.74) is 5.78. The fraction of sp³-hybridized carbons (Fsp3) is 0.615. The third-order valence-corrected chi connectivity index (χ3v) is 3.69. The van der Waals surface area contributed by atoms with Gasteiger partial charge in [-0.3, -0.25) is 4.57 Å². The summed E-state index contributed by atoms with van der Waals surface area (Å²) < 4.78 is 34.6. The smallest absolute Gasteiger partial charge is 0.312 e. The standard InChI is InChI=1S/C13H17F2N5O2/c1-5(2)3-6-9(21)7(14)12(22-6)20-4-17-8-10(16)18-13(15)19-11(8)20/h4-7,9,12,21H,3H2,1-2H3,(H2,16,18,19)/t6-,7+,9-,12-/m1/s1. The second-order valence-corrected chi connectivity index (χ2v) is 5.83. The highest BCUT2D eigenvalue weighted by atomic mass is 19.1. The molecule has 3 rings (SSSR count). The van der Waals surface area contributed by atoms with Crippen molar-refractivity contribution in [2.75, 3.05) is 5.73 Å². The maximum absolute atomic E-state index is 14.4. The minimum absolute atomic E-state index is 0.0371. The molecule has 3 heterocycles. The van der Waals surface area contributed by atoms with Gasteiger partial charge < -0.3 is 15.6 Å². The normalized spacial score (nSPS) is 28.8. The van der Waals surface area contributed by atoms with E-state index >= 15 is 0 Å². The molecule has 4 atom stereocenters. The van der Waals surface area contributed by atoms with Gasteiger partial charge in [0.15, 0.2) is 29.4 Å². The number of nitrogen functional groups attached to an aromatic ring is 1. The molecule has 0 unspecified atom stereocenters. The Kier molecular flexibility index (Phi) is 3.69. The quantitative estimate of drug-likeness (QED) is 0.826. The van der Waals surface area contributed by atoms with E-state index in [0.717, 1.165) is 0 Å². The third kappa shape index (κ3) is 2.40. The number of nitrogens with zero attached hydrogens (tertiary/aromatic N) is 4. The van der Waals surface area contributed by atoms with Crippen LogP contribution in [0.1, 0.15) is 26.5 Å². The molecule has 0 radical (unpaired) electrons. The second-order valence-electron chi connectivity index (χ2n) is 5.83. The molecule has 0 spiro atoms. The first kappa shape index (κ1) is 15.0. The highest BCUT2D eigenvalue weighted by Crippen LogP contribution is 2.36. The highest BCUT2D eigenvalue weighted by molar-refractivity contribution is 5.81. The van der Waals surface area contributed by atoms with Crippen molar-refractivity contribution in [3.05, 3.63) is 12.4 Å². The number of hydrogen-bond acceptors (Lipinski definition) is 6. The van der Waals surface area contributed by atoms with E-state index in [2.05, 4.69) is 15.0 Å². The van der Waals surface area contributed by atoms with E-state index in [9.17, 15) is 13.9 Å². The van der Waals surface area contributed by atoms with Crippen LogP contribution in [-0.4, -0.2) is 43.0 Å². The largest absolute Gasteiger partial charge is 0.387 e. The topological polar surface area (TPSA) is 99.1 Å². The van der Waals surface area contributed by atoms with Crippen LogP contribution in [0.5, 0.6) is 0 Å². The number of imidazole rings is 1. The van der Waals surface area contributed by atoms with Crippen molar-refractivity contribution < 1.29 is 18.6 Å². The van der Waals surface area contributed by atoms with Crippen LogP contribution < -0.4 is 5.73 Å². The molecule has 0 amide bonds. The van der Waals surface area contributed by atoms with Gasteiger partial charge in [0.1, 0.15) is 6.10 Å². The summed E-state index contributed by atoms with van der Waals surface area (Å²) in [6, 6.07) is 0. The first-order valence-electron chi connectivity index (χ1n) is 7.01. The molecule has 3 N–H and O–H groups in total. The van der Waals surface area contributed by atoms with E-state index in [1.165, 1.54) is 10.9 Å². The Labute approximate surface area is 125 Å². The zero-order chi connectivity index (χ0) is 16.0. The lowest BCUT2D eigenvalue weighted by atomic mass is 10.0. The van der Waals surface area contributed by atoms with Crippen molar-refractivity contribution in [1.82, 2.24) is 19.5 Å². The Bertz CT molecular complexity index is 692. The van der Waals surface area contributed by atoms with Gasteiger partial charge >= 0.3 is 6.08 Å². The van der Waals surface area contributed by atoms with Crippen LogP contribution in [0, 0.1) is 12.0 Å². The zero-order valence-corrected chi connectivity index (χ0v) is 12.1. The zero-order valence-electron chi connectivity index (χ0n) is 12.1. The summed E-state index contributed by atoms with van der Waals surface area (Å²) in [5.74, 6) is 0.106. The Morgan fingerprint density at radius 1 is 1.45 bits per heavy atom. The van der Waals surface area contributed by atoms with Crippen LogP contribution in [0.15, 0.2) is 6.33 Å². The second kappa shape index (κ2) is 5.40. The molecule has 7 nitrogen and oxygen atoms in total. The molecular weight excluding hydrogens is 296 g/mol. The molecule has 0 aromatic carbocycles. The number of anilines is 1. The van der Waals surface area contributed by atoms with Crippen molar-refractivity contribution in [3.8, 4) is 0 Å². The van der Waals surface area contributed by atoms with Gasteiger partial charge in [-0.2, -0.15) is 14.4 Å². The number of aromatic nitrogens is 4. The lowest BCUT2D eigenvalue weighted by molar-refractivity contribution is -0.0309. The summed E-state index contributed by atoms with van der Waals surface area (Å²) in [4.78, 5) is 10.9. The van der Waals surface area contributed by atoms with Crippen LogP contribution in [0.4, 0.5) is 14.6 Å². The Balaban J connectivity index is 1.98. The molecule has 0 saturated carbocycles. The van der Waals surface area contributed by atoms with Gasteiger partial charge in [0.05, 0.1) is 12.4 Å². The number of fused-ring (bicyclic) bond motifs is 1. The molecule has 1 saturated heterocycles. The summed E-state index contributed by atoms with van der Waals surface area (Å²) >= 11 is 0. The highest BCUT2D eigenvalue weighted by Gasteiger charge is 2.45. The molecular formula is C13H17F2N5O2. The maximum Gasteiger partial charge on any atom is 0.312 e. The Hall–Kier alpha value is -1.87. The van der Waals surface area contributed by atoms with E-state index in [1.54, 1.807) is 0 Å². The van der Waals surface area contributed by atoms with Crippen molar-refractivity contribution in [3.63, 3.8) is 0 Å². The van der Waals surface area contributed by atoms with Crippen LogP contribution in [0.3, 0.4) is 0 Å². The molecule has 2 aromatic rings. The fourth-order valence-corrected chi connectivity index (χ4v) is 2.68. The van der Waals surface area contributed by atoms with E-state index in [1.807, 2.05) is 13.8 Å². The van der Waals surface area contributed by atoms with Gasteiger partial charge in [-0.25, -0.2) is 9.37 Å². The third-order valence-electron chi connectivity index (χ3n) is 3.69. The Morgan fingerprint density at radius 2 is 2.18 bits per heavy atom. The average Bonchev–Trinajstić information content (AvgIpc) is 2.95. The van der Waals surface area contributed by atoms with Crippen molar-refractivity contribution in [1.29, 1.82) is 0 Å². The lowest BCUT2D eigenvalue weighted by Gasteiger charge is -2.16. The van der Waals surface area contributed by atoms with Crippen molar-refractivity contribution in [2.45, 2.75) is 44.9 Å². The van der Waals surface area contributed by atoms with Crippen LogP contribution in [0.2, 0.25) is 0 Å². The number of hydrogen-bond donors (Lipinski definition) is 2. The maximum atomic E-state index is 14.4. The summed E-state index contributed by atoms with van der Waals surface area (Å²) in [6.07, 6.45) is -3.94. The number of nitrogens with two attached hydrogens (primary N) is 1. The van der Waals surface area contributed by atoms with Crippen molar-refractivity contribution >= 4 is 17.0 Å². The molecule has 22 heavy (non-hydrogen) atoms. The molecule has 0 bridgehead atoms. The van der Waals surface area contributed by atoms with Crippen LogP contribution in [-0.2, 0) is 4.74 Å². The predicted octanol–water partition coefficient (Wildman–Crippen LogP) is 1.19. The molecule has 2 aromatic heterocycles. The number of aliphatic hydroxyl groups is 1. The van der Waals surface area contributed by atoms with Gasteiger partial charge in [0.25, 0.3) is 0 Å². The molecule has 9 heteroatoms. The number of aliphatic hydroxyl groups excluding tert-OH is 1. The SMILES string of the molecule is CC(C)C[C@H]1O[C@@H](n2cnc3c(N)nc(F)nc32)[C@@H](F)[C@@H]1O. The van der Waals surface area contributed by atoms with Gasteiger partial charge in [-0.15, -0.1) is 0 Å². The van der Waals surface area contributed by atoms with E-state index in [-0.39, 0.29) is 22.9 Å². The van der Waals surface area contributed by atoms with Crippen molar-refractivity contribution in [2.24, 2.45) is 5.92 Å². The van der Waals surface area contributed by atoms with Crippen LogP contribution in [0.25, 0.3) is 11.2 Å². The Morgan fingerprint density at radius 3 is 2.86 bits per heavy atom. The molecule has 120 valence electrons. The number of alkyl halides is 1. The molecule has 1 aliphatic heterocycles. The summed E-state index contributed by atoms with van der Waals surface area (Å²) in [6.45, 7) is 3.90.